The molecule has 2 atom stereocenters. The van der Waals surface area contributed by atoms with E-state index in [0.717, 1.165) is 0 Å². The third-order valence-corrected chi connectivity index (χ3v) is 2.48. The molecule has 94 valence electrons. The molecule has 1 aromatic rings. The van der Waals surface area contributed by atoms with Gasteiger partial charge in [0.1, 0.15) is 6.10 Å². The SMILES string of the molecule is CNCCC(O)C(O)c1cccc([N+](=O)[O-])c1. The van der Waals surface area contributed by atoms with E-state index in [1.54, 1.807) is 13.1 Å². The van der Waals surface area contributed by atoms with E-state index in [4.69, 9.17) is 0 Å². The number of hydrogen-bond donors (Lipinski definition) is 3. The Morgan fingerprint density at radius 2 is 2.18 bits per heavy atom. The van der Waals surface area contributed by atoms with Crippen molar-refractivity contribution in [3.63, 3.8) is 0 Å². The standard InChI is InChI=1S/C11H16N2O4/c1-12-6-5-10(14)11(15)8-3-2-4-9(7-8)13(16)17/h2-4,7,10-12,14-15H,5-6H2,1H3. The zero-order chi connectivity index (χ0) is 12.8. The van der Waals surface area contributed by atoms with Crippen LogP contribution in [0.15, 0.2) is 24.3 Å². The van der Waals surface area contributed by atoms with Crippen LogP contribution in [-0.2, 0) is 0 Å². The smallest absolute Gasteiger partial charge is 0.269 e. The fraction of sp³-hybridized carbons (Fsp3) is 0.455. The monoisotopic (exact) mass is 240 g/mol. The molecule has 6 nitrogen and oxygen atoms in total. The van der Waals surface area contributed by atoms with Gasteiger partial charge in [0.15, 0.2) is 0 Å². The lowest BCUT2D eigenvalue weighted by atomic mass is 10.0. The zero-order valence-electron chi connectivity index (χ0n) is 9.54. The van der Waals surface area contributed by atoms with Crippen molar-refractivity contribution in [1.29, 1.82) is 0 Å². The molecule has 1 rings (SSSR count). The predicted octanol–water partition coefficient (Wildman–Crippen LogP) is 0.599. The second-order valence-corrected chi connectivity index (χ2v) is 3.76. The van der Waals surface area contributed by atoms with Gasteiger partial charge in [0.05, 0.1) is 11.0 Å². The van der Waals surface area contributed by atoms with Gasteiger partial charge in [0, 0.05) is 12.1 Å². The minimum atomic E-state index is -1.11. The largest absolute Gasteiger partial charge is 0.390 e. The molecular weight excluding hydrogens is 224 g/mol. The maximum Gasteiger partial charge on any atom is 0.269 e. The highest BCUT2D eigenvalue weighted by Gasteiger charge is 2.19. The van der Waals surface area contributed by atoms with Gasteiger partial charge < -0.3 is 15.5 Å². The lowest BCUT2D eigenvalue weighted by Gasteiger charge is -2.17. The Morgan fingerprint density at radius 1 is 1.47 bits per heavy atom. The Bertz CT molecular complexity index is 383. The molecule has 0 saturated heterocycles. The van der Waals surface area contributed by atoms with Crippen molar-refractivity contribution in [3.05, 3.63) is 39.9 Å². The molecule has 6 heteroatoms. The predicted molar refractivity (Wildman–Crippen MR) is 62.6 cm³/mol. The maximum atomic E-state index is 10.6. The van der Waals surface area contributed by atoms with E-state index in [9.17, 15) is 20.3 Å². The van der Waals surface area contributed by atoms with Gasteiger partial charge in [-0.2, -0.15) is 0 Å². The minimum absolute atomic E-state index is 0.0950. The molecule has 2 unspecified atom stereocenters. The van der Waals surface area contributed by atoms with Crippen molar-refractivity contribution in [1.82, 2.24) is 5.32 Å². The van der Waals surface area contributed by atoms with Crippen molar-refractivity contribution < 1.29 is 15.1 Å². The second-order valence-electron chi connectivity index (χ2n) is 3.76. The first kappa shape index (κ1) is 13.6. The zero-order valence-corrected chi connectivity index (χ0v) is 9.54. The minimum Gasteiger partial charge on any atom is -0.390 e. The van der Waals surface area contributed by atoms with E-state index in [1.807, 2.05) is 0 Å². The van der Waals surface area contributed by atoms with E-state index < -0.39 is 17.1 Å². The molecule has 0 aliphatic carbocycles. The first-order valence-electron chi connectivity index (χ1n) is 5.31. The Balaban J connectivity index is 2.77. The highest BCUT2D eigenvalue weighted by Crippen LogP contribution is 2.22. The first-order chi connectivity index (χ1) is 8.06. The van der Waals surface area contributed by atoms with Crippen LogP contribution in [0.3, 0.4) is 0 Å². The molecule has 0 bridgehead atoms. The summed E-state index contributed by atoms with van der Waals surface area (Å²) < 4.78 is 0. The molecule has 0 fully saturated rings. The van der Waals surface area contributed by atoms with Crippen LogP contribution in [0.5, 0.6) is 0 Å². The first-order valence-corrected chi connectivity index (χ1v) is 5.31. The topological polar surface area (TPSA) is 95.6 Å². The number of non-ortho nitro benzene ring substituents is 1. The van der Waals surface area contributed by atoms with Gasteiger partial charge in [-0.25, -0.2) is 0 Å². The van der Waals surface area contributed by atoms with Crippen LogP contribution in [0.4, 0.5) is 5.69 Å². The molecular formula is C11H16N2O4. The average molecular weight is 240 g/mol. The molecule has 0 radical (unpaired) electrons. The quantitative estimate of drug-likeness (QED) is 0.500. The van der Waals surface area contributed by atoms with Gasteiger partial charge in [-0.3, -0.25) is 10.1 Å². The second kappa shape index (κ2) is 6.29. The molecule has 17 heavy (non-hydrogen) atoms. The van der Waals surface area contributed by atoms with E-state index in [1.165, 1.54) is 18.2 Å². The molecule has 0 spiro atoms. The lowest BCUT2D eigenvalue weighted by molar-refractivity contribution is -0.385. The molecule has 1 aromatic carbocycles. The summed E-state index contributed by atoms with van der Waals surface area (Å²) in [6.45, 7) is 0.563. The number of hydrogen-bond acceptors (Lipinski definition) is 5. The number of nitro groups is 1. The average Bonchev–Trinajstić information content (AvgIpc) is 2.35. The molecule has 0 aromatic heterocycles. The van der Waals surface area contributed by atoms with Crippen LogP contribution in [0.25, 0.3) is 0 Å². The number of nitrogens with one attached hydrogen (secondary N) is 1. The van der Waals surface area contributed by atoms with E-state index >= 15 is 0 Å². The Morgan fingerprint density at radius 3 is 2.76 bits per heavy atom. The van der Waals surface area contributed by atoms with Crippen molar-refractivity contribution in [2.24, 2.45) is 0 Å². The summed E-state index contributed by atoms with van der Waals surface area (Å²) in [6, 6.07) is 5.66. The molecule has 0 heterocycles. The van der Waals surface area contributed by atoms with Crippen LogP contribution in [-0.4, -0.2) is 34.8 Å². The van der Waals surface area contributed by atoms with Crippen LogP contribution < -0.4 is 5.32 Å². The number of rotatable bonds is 6. The Hall–Kier alpha value is -1.50. The van der Waals surface area contributed by atoms with Gasteiger partial charge >= 0.3 is 0 Å². The summed E-state index contributed by atoms with van der Waals surface area (Å²) in [5.74, 6) is 0. The highest BCUT2D eigenvalue weighted by molar-refractivity contribution is 5.35. The summed E-state index contributed by atoms with van der Waals surface area (Å²) in [4.78, 5) is 10.0. The molecule has 0 amide bonds. The maximum absolute atomic E-state index is 10.6. The number of aliphatic hydroxyl groups excluding tert-OH is 2. The van der Waals surface area contributed by atoms with Gasteiger partial charge in [-0.05, 0) is 25.6 Å². The number of nitro benzene ring substituents is 1. The molecule has 0 saturated carbocycles. The summed E-state index contributed by atoms with van der Waals surface area (Å²) in [6.07, 6.45) is -1.67. The van der Waals surface area contributed by atoms with Crippen molar-refractivity contribution in [2.45, 2.75) is 18.6 Å². The summed E-state index contributed by atoms with van der Waals surface area (Å²) >= 11 is 0. The fourth-order valence-electron chi connectivity index (χ4n) is 1.49. The van der Waals surface area contributed by atoms with E-state index in [2.05, 4.69) is 5.32 Å². The molecule has 0 aliphatic rings. The van der Waals surface area contributed by atoms with E-state index in [-0.39, 0.29) is 5.69 Å². The summed E-state index contributed by atoms with van der Waals surface area (Å²) in [5.41, 5.74) is 0.255. The van der Waals surface area contributed by atoms with Gasteiger partial charge in [0.2, 0.25) is 0 Å². The van der Waals surface area contributed by atoms with Crippen LogP contribution in [0.2, 0.25) is 0 Å². The van der Waals surface area contributed by atoms with Crippen molar-refractivity contribution >= 4 is 5.69 Å². The number of benzene rings is 1. The fourth-order valence-corrected chi connectivity index (χ4v) is 1.49. The molecule has 3 N–H and O–H groups in total. The van der Waals surface area contributed by atoms with Gasteiger partial charge in [-0.15, -0.1) is 0 Å². The Labute approximate surface area is 99.0 Å². The van der Waals surface area contributed by atoms with E-state index in [0.29, 0.717) is 18.5 Å². The molecule has 0 aliphatic heterocycles. The van der Waals surface area contributed by atoms with Crippen LogP contribution >= 0.6 is 0 Å². The highest BCUT2D eigenvalue weighted by atomic mass is 16.6. The normalized spacial score (nSPS) is 14.3. The van der Waals surface area contributed by atoms with Gasteiger partial charge in [0.25, 0.3) is 5.69 Å². The van der Waals surface area contributed by atoms with Crippen LogP contribution in [0.1, 0.15) is 18.1 Å². The summed E-state index contributed by atoms with van der Waals surface area (Å²) in [7, 11) is 1.74. The third-order valence-electron chi connectivity index (χ3n) is 2.48. The van der Waals surface area contributed by atoms with Crippen LogP contribution in [0, 0.1) is 10.1 Å². The summed E-state index contributed by atoms with van der Waals surface area (Å²) in [5, 5.41) is 32.9. The Kier molecular flexibility index (Phi) is 5.02. The number of aliphatic hydroxyl groups is 2. The third kappa shape index (κ3) is 3.77. The number of nitrogens with zero attached hydrogens (tertiary/aromatic N) is 1. The lowest BCUT2D eigenvalue weighted by Crippen LogP contribution is -2.23. The van der Waals surface area contributed by atoms with Crippen molar-refractivity contribution in [3.8, 4) is 0 Å². The van der Waals surface area contributed by atoms with Crippen molar-refractivity contribution in [2.75, 3.05) is 13.6 Å². The van der Waals surface area contributed by atoms with Gasteiger partial charge in [-0.1, -0.05) is 12.1 Å².